The van der Waals surface area contributed by atoms with Gasteiger partial charge in [-0.2, -0.15) is 11.8 Å². The molecule has 1 N–H and O–H groups in total. The van der Waals surface area contributed by atoms with E-state index in [1.807, 2.05) is 11.8 Å². The van der Waals surface area contributed by atoms with Crippen LogP contribution in [0.15, 0.2) is 0 Å². The monoisotopic (exact) mass is 270 g/mol. The zero-order valence-electron chi connectivity index (χ0n) is 11.7. The van der Waals surface area contributed by atoms with Gasteiger partial charge in [0.1, 0.15) is 0 Å². The fourth-order valence-electron chi connectivity index (χ4n) is 3.10. The first-order valence-corrected chi connectivity index (χ1v) is 8.46. The van der Waals surface area contributed by atoms with E-state index in [2.05, 4.69) is 24.1 Å². The molecule has 2 aliphatic heterocycles. The van der Waals surface area contributed by atoms with Crippen LogP contribution in [0.5, 0.6) is 0 Å². The number of carbonyl (C=O) groups is 1. The van der Waals surface area contributed by atoms with Crippen molar-refractivity contribution in [3.63, 3.8) is 0 Å². The highest BCUT2D eigenvalue weighted by molar-refractivity contribution is 7.99. The number of rotatable bonds is 3. The van der Waals surface area contributed by atoms with Gasteiger partial charge in [-0.25, -0.2) is 0 Å². The lowest BCUT2D eigenvalue weighted by molar-refractivity contribution is -0.135. The Hall–Kier alpha value is -0.220. The Bertz CT molecular complexity index is 276. The molecule has 1 atom stereocenters. The molecule has 0 saturated carbocycles. The molecule has 104 valence electrons. The van der Waals surface area contributed by atoms with Gasteiger partial charge >= 0.3 is 0 Å². The van der Waals surface area contributed by atoms with Crippen molar-refractivity contribution in [3.05, 3.63) is 0 Å². The van der Waals surface area contributed by atoms with Gasteiger partial charge in [-0.15, -0.1) is 0 Å². The highest BCUT2D eigenvalue weighted by Crippen LogP contribution is 2.38. The summed E-state index contributed by atoms with van der Waals surface area (Å²) in [5.41, 5.74) is 0.505. The van der Waals surface area contributed by atoms with Crippen molar-refractivity contribution in [2.45, 2.75) is 45.6 Å². The zero-order chi connectivity index (χ0) is 13.0. The van der Waals surface area contributed by atoms with E-state index in [0.717, 1.165) is 31.1 Å². The number of carbonyl (C=O) groups excluding carboxylic acids is 1. The van der Waals surface area contributed by atoms with Gasteiger partial charge in [-0.05, 0) is 18.3 Å². The van der Waals surface area contributed by atoms with E-state index in [4.69, 9.17) is 0 Å². The normalized spacial score (nSPS) is 28.1. The van der Waals surface area contributed by atoms with Gasteiger partial charge in [0, 0.05) is 31.1 Å². The van der Waals surface area contributed by atoms with Crippen LogP contribution in [0, 0.1) is 5.41 Å². The number of piperidine rings is 1. The summed E-state index contributed by atoms with van der Waals surface area (Å²) in [6, 6.07) is 0.0690. The van der Waals surface area contributed by atoms with E-state index in [1.165, 1.54) is 25.7 Å². The molecule has 3 nitrogen and oxygen atoms in total. The fraction of sp³-hybridized carbons (Fsp3) is 0.929. The Kier molecular flexibility index (Phi) is 4.96. The molecule has 2 rings (SSSR count). The minimum atomic E-state index is 0.0690. The molecule has 1 unspecified atom stereocenters. The molecule has 1 amide bonds. The van der Waals surface area contributed by atoms with Gasteiger partial charge in [0.25, 0.3) is 0 Å². The molecule has 2 fully saturated rings. The Morgan fingerprint density at radius 2 is 2.00 bits per heavy atom. The third kappa shape index (κ3) is 3.02. The number of amides is 1. The predicted octanol–water partition coefficient (Wildman–Crippen LogP) is 2.12. The second-order valence-electron chi connectivity index (χ2n) is 5.61. The van der Waals surface area contributed by atoms with Gasteiger partial charge < -0.3 is 10.2 Å². The van der Waals surface area contributed by atoms with Crippen molar-refractivity contribution < 1.29 is 4.79 Å². The van der Waals surface area contributed by atoms with Crippen LogP contribution in [0.4, 0.5) is 0 Å². The van der Waals surface area contributed by atoms with Crippen LogP contribution in [0.2, 0.25) is 0 Å². The number of thioether (sulfide) groups is 1. The predicted molar refractivity (Wildman–Crippen MR) is 77.9 cm³/mol. The molecular weight excluding hydrogens is 244 g/mol. The van der Waals surface area contributed by atoms with Crippen molar-refractivity contribution in [1.29, 1.82) is 0 Å². The quantitative estimate of drug-likeness (QED) is 0.852. The van der Waals surface area contributed by atoms with E-state index < -0.39 is 0 Å². The summed E-state index contributed by atoms with van der Waals surface area (Å²) in [4.78, 5) is 14.5. The van der Waals surface area contributed by atoms with Crippen LogP contribution in [-0.4, -0.2) is 48.0 Å². The van der Waals surface area contributed by atoms with Gasteiger partial charge in [-0.3, -0.25) is 4.79 Å². The molecule has 2 heterocycles. The molecule has 4 heteroatoms. The maximum atomic E-state index is 12.4. The SMILES string of the molecule is CCC1(CC)CCN(C(=O)C2CSCCN2)CC1. The highest BCUT2D eigenvalue weighted by atomic mass is 32.2. The third-order valence-electron chi connectivity index (χ3n) is 4.86. The van der Waals surface area contributed by atoms with Crippen LogP contribution < -0.4 is 5.32 Å². The molecule has 2 saturated heterocycles. The lowest BCUT2D eigenvalue weighted by Gasteiger charge is -2.42. The number of nitrogens with zero attached hydrogens (tertiary/aromatic N) is 1. The van der Waals surface area contributed by atoms with Gasteiger partial charge in [0.15, 0.2) is 0 Å². The molecule has 0 aromatic heterocycles. The van der Waals surface area contributed by atoms with E-state index in [1.54, 1.807) is 0 Å². The topological polar surface area (TPSA) is 32.3 Å². The zero-order valence-corrected chi connectivity index (χ0v) is 12.5. The van der Waals surface area contributed by atoms with Gasteiger partial charge in [0.05, 0.1) is 6.04 Å². The minimum Gasteiger partial charge on any atom is -0.341 e. The first-order valence-electron chi connectivity index (χ1n) is 7.31. The van der Waals surface area contributed by atoms with Crippen LogP contribution >= 0.6 is 11.8 Å². The van der Waals surface area contributed by atoms with Gasteiger partial charge in [0.2, 0.25) is 5.91 Å². The number of nitrogens with one attached hydrogen (secondary N) is 1. The standard InChI is InChI=1S/C14H26N2OS/c1-3-14(4-2)5-8-16(9-6-14)13(17)12-11-18-10-7-15-12/h12,15H,3-11H2,1-2H3. The van der Waals surface area contributed by atoms with Crippen molar-refractivity contribution in [3.8, 4) is 0 Å². The summed E-state index contributed by atoms with van der Waals surface area (Å²) in [6.45, 7) is 7.48. The van der Waals surface area contributed by atoms with Crippen molar-refractivity contribution >= 4 is 17.7 Å². The maximum absolute atomic E-state index is 12.4. The Balaban J connectivity index is 1.87. The van der Waals surface area contributed by atoms with E-state index in [9.17, 15) is 4.79 Å². The van der Waals surface area contributed by atoms with Gasteiger partial charge in [-0.1, -0.05) is 26.7 Å². The summed E-state index contributed by atoms with van der Waals surface area (Å²) < 4.78 is 0. The first kappa shape index (κ1) is 14.2. The number of likely N-dealkylation sites (tertiary alicyclic amines) is 1. The average molecular weight is 270 g/mol. The largest absolute Gasteiger partial charge is 0.341 e. The summed E-state index contributed by atoms with van der Waals surface area (Å²) in [7, 11) is 0. The van der Waals surface area contributed by atoms with Crippen LogP contribution in [0.25, 0.3) is 0 Å². The maximum Gasteiger partial charge on any atom is 0.240 e. The van der Waals surface area contributed by atoms with Crippen LogP contribution in [0.3, 0.4) is 0 Å². The van der Waals surface area contributed by atoms with Crippen LogP contribution in [-0.2, 0) is 4.79 Å². The molecule has 0 radical (unpaired) electrons. The summed E-state index contributed by atoms with van der Waals surface area (Å²) in [5, 5.41) is 3.35. The summed E-state index contributed by atoms with van der Waals surface area (Å²) in [6.07, 6.45) is 4.88. The highest BCUT2D eigenvalue weighted by Gasteiger charge is 2.35. The third-order valence-corrected chi connectivity index (χ3v) is 5.92. The fourth-order valence-corrected chi connectivity index (χ4v) is 4.03. The first-order chi connectivity index (χ1) is 8.71. The molecule has 2 aliphatic rings. The summed E-state index contributed by atoms with van der Waals surface area (Å²) >= 11 is 1.89. The molecule has 0 aromatic carbocycles. The second kappa shape index (κ2) is 6.29. The smallest absolute Gasteiger partial charge is 0.240 e. The Morgan fingerprint density at radius 1 is 1.33 bits per heavy atom. The molecule has 0 aliphatic carbocycles. The molecule has 0 bridgehead atoms. The minimum absolute atomic E-state index is 0.0690. The number of hydrogen-bond acceptors (Lipinski definition) is 3. The van der Waals surface area contributed by atoms with Crippen LogP contribution in [0.1, 0.15) is 39.5 Å². The van der Waals surface area contributed by atoms with Crippen molar-refractivity contribution in [2.75, 3.05) is 31.1 Å². The van der Waals surface area contributed by atoms with E-state index >= 15 is 0 Å². The lowest BCUT2D eigenvalue weighted by atomic mass is 9.74. The number of hydrogen-bond donors (Lipinski definition) is 1. The van der Waals surface area contributed by atoms with Crippen molar-refractivity contribution in [2.24, 2.45) is 5.41 Å². The molecule has 18 heavy (non-hydrogen) atoms. The van der Waals surface area contributed by atoms with E-state index in [0.29, 0.717) is 11.3 Å². The molecular formula is C14H26N2OS. The summed E-state index contributed by atoms with van der Waals surface area (Å²) in [5.74, 6) is 2.42. The second-order valence-corrected chi connectivity index (χ2v) is 6.76. The van der Waals surface area contributed by atoms with Crippen molar-refractivity contribution in [1.82, 2.24) is 10.2 Å². The Morgan fingerprint density at radius 3 is 2.50 bits per heavy atom. The lowest BCUT2D eigenvalue weighted by Crippen LogP contribution is -2.53. The molecule has 0 spiro atoms. The van der Waals surface area contributed by atoms with E-state index in [-0.39, 0.29) is 6.04 Å². The Labute approximate surface area is 115 Å². The molecule has 0 aromatic rings. The average Bonchev–Trinajstić information content (AvgIpc) is 2.47.